The van der Waals surface area contributed by atoms with Crippen molar-refractivity contribution in [1.29, 1.82) is 0 Å². The Morgan fingerprint density at radius 3 is 2.41 bits per heavy atom. The molecule has 0 saturated carbocycles. The number of carbonyl (C=O) groups excluding carboxylic acids is 1. The molecule has 1 aliphatic heterocycles. The Bertz CT molecular complexity index is 1100. The Morgan fingerprint density at radius 2 is 1.70 bits per heavy atom. The van der Waals surface area contributed by atoms with Gasteiger partial charge in [0, 0.05) is 22.1 Å². The standard InChI is InChI=1S/C33H50N2O2/c1-4-5-6-7-8-9-10-11-12-13-14-15-16-17-18-19-33(36)35-27-31(28-22-24-34(2)25-23-28)30-26-29(37-3)20-21-32(30)35/h8-9,11-12,20-21,26-28H,4-7,10,13-19,22-25H2,1-3H3/b9-8-,12-11-/i2D3. The molecular weight excluding hydrogens is 456 g/mol. The van der Waals surface area contributed by atoms with Crippen LogP contribution in [0, 0.1) is 0 Å². The van der Waals surface area contributed by atoms with Crippen molar-refractivity contribution in [2.75, 3.05) is 27.2 Å². The molecule has 1 saturated heterocycles. The van der Waals surface area contributed by atoms with Crippen molar-refractivity contribution in [1.82, 2.24) is 9.47 Å². The number of methoxy groups -OCH3 is 1. The summed E-state index contributed by atoms with van der Waals surface area (Å²) in [6.45, 7) is 1.28. The minimum atomic E-state index is -2.04. The average molecular weight is 510 g/mol. The number of rotatable bonds is 16. The van der Waals surface area contributed by atoms with Crippen molar-refractivity contribution in [3.63, 3.8) is 0 Å². The van der Waals surface area contributed by atoms with Crippen LogP contribution in [0.5, 0.6) is 5.75 Å². The van der Waals surface area contributed by atoms with Gasteiger partial charge in [0.05, 0.1) is 12.6 Å². The summed E-state index contributed by atoms with van der Waals surface area (Å²) >= 11 is 0. The maximum absolute atomic E-state index is 13.3. The van der Waals surface area contributed by atoms with Gasteiger partial charge in [-0.25, -0.2) is 0 Å². The van der Waals surface area contributed by atoms with Gasteiger partial charge in [0.15, 0.2) is 0 Å². The minimum absolute atomic E-state index is 0.132. The van der Waals surface area contributed by atoms with E-state index in [1.807, 2.05) is 29.0 Å². The number of carbonyl (C=O) groups is 1. The second kappa shape index (κ2) is 16.5. The number of aromatic nitrogens is 1. The van der Waals surface area contributed by atoms with Crippen LogP contribution in [0.4, 0.5) is 0 Å². The van der Waals surface area contributed by atoms with Crippen LogP contribution in [0.1, 0.15) is 117 Å². The lowest BCUT2D eigenvalue weighted by Crippen LogP contribution is -2.29. The Morgan fingerprint density at radius 1 is 1.00 bits per heavy atom. The van der Waals surface area contributed by atoms with Gasteiger partial charge >= 0.3 is 0 Å². The molecular formula is C33H50N2O2. The molecule has 1 aliphatic rings. The van der Waals surface area contributed by atoms with Crippen molar-refractivity contribution < 1.29 is 13.6 Å². The van der Waals surface area contributed by atoms with E-state index in [1.54, 1.807) is 12.0 Å². The van der Waals surface area contributed by atoms with Crippen LogP contribution in [0.3, 0.4) is 0 Å². The maximum Gasteiger partial charge on any atom is 0.231 e. The first-order valence-corrected chi connectivity index (χ1v) is 14.6. The van der Waals surface area contributed by atoms with Gasteiger partial charge in [0.25, 0.3) is 0 Å². The first-order chi connectivity index (χ1) is 19.3. The summed E-state index contributed by atoms with van der Waals surface area (Å²) in [5, 5.41) is 1.04. The maximum atomic E-state index is 13.3. The molecule has 4 nitrogen and oxygen atoms in total. The van der Waals surface area contributed by atoms with Crippen LogP contribution < -0.4 is 4.74 Å². The highest BCUT2D eigenvalue weighted by atomic mass is 16.5. The molecule has 0 spiro atoms. The number of allylic oxidation sites excluding steroid dienone is 4. The third-order valence-electron chi connectivity index (χ3n) is 7.59. The molecule has 204 valence electrons. The summed E-state index contributed by atoms with van der Waals surface area (Å²) in [5.74, 6) is 1.14. The minimum Gasteiger partial charge on any atom is -0.497 e. The quantitative estimate of drug-likeness (QED) is 0.167. The first-order valence-electron chi connectivity index (χ1n) is 16.1. The van der Waals surface area contributed by atoms with E-state index in [1.165, 1.54) is 38.5 Å². The van der Waals surface area contributed by atoms with Crippen LogP contribution in [0.15, 0.2) is 48.7 Å². The predicted molar refractivity (Wildman–Crippen MR) is 158 cm³/mol. The van der Waals surface area contributed by atoms with Crippen LogP contribution in [-0.4, -0.2) is 42.5 Å². The van der Waals surface area contributed by atoms with E-state index in [9.17, 15) is 4.79 Å². The zero-order chi connectivity index (χ0) is 28.8. The number of hydrogen-bond acceptors (Lipinski definition) is 3. The van der Waals surface area contributed by atoms with Gasteiger partial charge in [0.1, 0.15) is 5.75 Å². The molecule has 2 aromatic rings. The van der Waals surface area contributed by atoms with E-state index in [-0.39, 0.29) is 11.8 Å². The zero-order valence-corrected chi connectivity index (χ0v) is 23.2. The van der Waals surface area contributed by atoms with Gasteiger partial charge < -0.3 is 9.64 Å². The van der Waals surface area contributed by atoms with E-state index in [0.29, 0.717) is 19.5 Å². The number of likely N-dealkylation sites (tertiary alicyclic amines) is 1. The fourth-order valence-corrected chi connectivity index (χ4v) is 5.29. The molecule has 2 heterocycles. The van der Waals surface area contributed by atoms with Crippen LogP contribution >= 0.6 is 0 Å². The second-order valence-electron chi connectivity index (χ2n) is 10.5. The molecule has 4 heteroatoms. The summed E-state index contributed by atoms with van der Waals surface area (Å²) in [6, 6.07) is 5.90. The van der Waals surface area contributed by atoms with Gasteiger partial charge in [-0.3, -0.25) is 9.36 Å². The number of nitrogens with zero attached hydrogens (tertiary/aromatic N) is 2. The van der Waals surface area contributed by atoms with Crippen LogP contribution in [0.25, 0.3) is 10.9 Å². The topological polar surface area (TPSA) is 34.5 Å². The molecule has 0 atom stereocenters. The average Bonchev–Trinajstić information content (AvgIpc) is 3.33. The highest BCUT2D eigenvalue weighted by Crippen LogP contribution is 2.36. The Labute approximate surface area is 230 Å². The molecule has 0 N–H and O–H groups in total. The summed E-state index contributed by atoms with van der Waals surface area (Å²) in [6.07, 6.45) is 26.1. The van der Waals surface area contributed by atoms with Gasteiger partial charge in [-0.1, -0.05) is 63.3 Å². The third-order valence-corrected chi connectivity index (χ3v) is 7.59. The SMILES string of the molecule is [2H]C([2H])([2H])N1CCC(c2cn(C(=O)CCCCCCC/C=C\C/C=C\CCCCC)c3ccc(OC)cc23)CC1. The number of unbranched alkanes of at least 4 members (excludes halogenated alkanes) is 8. The highest BCUT2D eigenvalue weighted by molar-refractivity contribution is 5.95. The molecule has 1 aromatic carbocycles. The molecule has 1 aromatic heterocycles. The van der Waals surface area contributed by atoms with E-state index < -0.39 is 6.98 Å². The highest BCUT2D eigenvalue weighted by Gasteiger charge is 2.24. The van der Waals surface area contributed by atoms with Crippen LogP contribution in [-0.2, 0) is 0 Å². The Hall–Kier alpha value is -2.33. The second-order valence-corrected chi connectivity index (χ2v) is 10.5. The zero-order valence-electron chi connectivity index (χ0n) is 26.2. The van der Waals surface area contributed by atoms with E-state index >= 15 is 0 Å². The van der Waals surface area contributed by atoms with Gasteiger partial charge in [-0.15, -0.1) is 0 Å². The fraction of sp³-hybridized carbons (Fsp3) is 0.606. The van der Waals surface area contributed by atoms with E-state index in [4.69, 9.17) is 8.85 Å². The first kappa shape index (κ1) is 25.0. The number of hydrogen-bond donors (Lipinski definition) is 0. The molecule has 0 amide bonds. The summed E-state index contributed by atoms with van der Waals surface area (Å²) in [4.78, 5) is 14.8. The lowest BCUT2D eigenvalue weighted by Gasteiger charge is -2.28. The molecule has 0 bridgehead atoms. The molecule has 1 fully saturated rings. The van der Waals surface area contributed by atoms with Crippen molar-refractivity contribution in [3.8, 4) is 5.75 Å². The summed E-state index contributed by atoms with van der Waals surface area (Å²) in [5.41, 5.74) is 2.05. The van der Waals surface area contributed by atoms with E-state index in [2.05, 4.69) is 31.2 Å². The molecule has 3 rings (SSSR count). The largest absolute Gasteiger partial charge is 0.497 e. The van der Waals surface area contributed by atoms with Crippen molar-refractivity contribution in [2.45, 2.75) is 103 Å². The van der Waals surface area contributed by atoms with Gasteiger partial charge in [-0.05, 0) is 101 Å². The summed E-state index contributed by atoms with van der Waals surface area (Å²) < 4.78 is 30.4. The molecule has 0 radical (unpaired) electrons. The molecule has 0 unspecified atom stereocenters. The molecule has 37 heavy (non-hydrogen) atoms. The number of ether oxygens (including phenoxy) is 1. The third kappa shape index (κ3) is 9.48. The predicted octanol–water partition coefficient (Wildman–Crippen LogP) is 8.91. The number of fused-ring (bicyclic) bond motifs is 1. The van der Waals surface area contributed by atoms with E-state index in [0.717, 1.165) is 67.2 Å². The Balaban J connectivity index is 1.44. The number of benzene rings is 1. The fourth-order valence-electron chi connectivity index (χ4n) is 5.29. The number of piperidine rings is 1. The van der Waals surface area contributed by atoms with Gasteiger partial charge in [0.2, 0.25) is 5.91 Å². The lowest BCUT2D eigenvalue weighted by molar-refractivity contribution is 0.0904. The van der Waals surface area contributed by atoms with Crippen LogP contribution in [0.2, 0.25) is 0 Å². The van der Waals surface area contributed by atoms with Crippen molar-refractivity contribution in [3.05, 3.63) is 54.3 Å². The summed E-state index contributed by atoms with van der Waals surface area (Å²) in [7, 11) is 1.65. The van der Waals surface area contributed by atoms with Crippen molar-refractivity contribution in [2.24, 2.45) is 0 Å². The normalized spacial score (nSPS) is 17.0. The monoisotopic (exact) mass is 509 g/mol. The smallest absolute Gasteiger partial charge is 0.231 e. The van der Waals surface area contributed by atoms with Crippen molar-refractivity contribution >= 4 is 16.8 Å². The van der Waals surface area contributed by atoms with Gasteiger partial charge in [-0.2, -0.15) is 0 Å². The Kier molecular flexibility index (Phi) is 11.1. The molecule has 0 aliphatic carbocycles. The lowest BCUT2D eigenvalue weighted by atomic mass is 9.89.